The van der Waals surface area contributed by atoms with E-state index in [2.05, 4.69) is 10.3 Å². The number of esters is 1. The van der Waals surface area contributed by atoms with Crippen LogP contribution in [0.3, 0.4) is 0 Å². The van der Waals surface area contributed by atoms with Gasteiger partial charge in [0.05, 0.1) is 6.42 Å². The number of hydrogen-bond acceptors (Lipinski definition) is 7. The van der Waals surface area contributed by atoms with E-state index in [1.165, 1.54) is 28.4 Å². The second-order valence-electron chi connectivity index (χ2n) is 11.0. The van der Waals surface area contributed by atoms with E-state index in [9.17, 15) is 14.4 Å². The summed E-state index contributed by atoms with van der Waals surface area (Å²) in [6.45, 7) is 0. The molecule has 0 aliphatic carbocycles. The number of thioether (sulfide) groups is 2. The first-order valence-electron chi connectivity index (χ1n) is 14.9. The third kappa shape index (κ3) is 6.03. The number of carbonyl (C=O) groups is 3. The van der Waals surface area contributed by atoms with Crippen LogP contribution >= 0.6 is 23.5 Å². The number of rotatable bonds is 9. The van der Waals surface area contributed by atoms with Gasteiger partial charge in [-0.25, -0.2) is 4.79 Å². The lowest BCUT2D eigenvalue weighted by Crippen LogP contribution is -2.70. The zero-order chi connectivity index (χ0) is 31.5. The first-order valence-corrected chi connectivity index (χ1v) is 16.8. The van der Waals surface area contributed by atoms with Crippen molar-refractivity contribution in [3.8, 4) is 0 Å². The van der Waals surface area contributed by atoms with Crippen molar-refractivity contribution in [3.05, 3.63) is 155 Å². The number of hydrogen-bond donors (Lipinski definition) is 1. The van der Waals surface area contributed by atoms with Gasteiger partial charge in [-0.3, -0.25) is 19.5 Å². The lowest BCUT2D eigenvalue weighted by atomic mass is 10.0. The highest BCUT2D eigenvalue weighted by Crippen LogP contribution is 2.47. The highest BCUT2D eigenvalue weighted by molar-refractivity contribution is 8.06. The van der Waals surface area contributed by atoms with Gasteiger partial charge < -0.3 is 10.1 Å². The molecule has 3 heterocycles. The highest BCUT2D eigenvalue weighted by atomic mass is 32.2. The highest BCUT2D eigenvalue weighted by Gasteiger charge is 2.54. The van der Waals surface area contributed by atoms with Crippen LogP contribution in [-0.4, -0.2) is 44.8 Å². The molecule has 1 N–H and O–H groups in total. The van der Waals surface area contributed by atoms with Crippen molar-refractivity contribution < 1.29 is 19.1 Å². The summed E-state index contributed by atoms with van der Waals surface area (Å²) in [5.74, 6) is -0.690. The molecule has 0 radical (unpaired) electrons. The first-order chi connectivity index (χ1) is 22.6. The number of amides is 2. The molecule has 0 bridgehead atoms. The molecule has 1 aromatic heterocycles. The van der Waals surface area contributed by atoms with Crippen LogP contribution < -0.4 is 5.32 Å². The van der Waals surface area contributed by atoms with Gasteiger partial charge in [0.15, 0.2) is 6.10 Å². The normalized spacial score (nSPS) is 17.4. The molecule has 1 saturated heterocycles. The lowest BCUT2D eigenvalue weighted by molar-refractivity contribution is -0.154. The molecular formula is C37H29N3O4S2. The standard InChI is InChI=1S/C37H29N3O4S2/c41-31(21-24-11-4-1-5-12-24)39-32-35(42)40-33(37(43)44-34(25-13-6-2-7-14-25)26-15-8-3-9-16-26)30(23-45-36(32)40)46-29-18-10-17-27-22-38-20-19-28(27)29/h1-20,22,32,34,36H,21,23H2,(H,39,41)/t32-,36+/m1/s1. The summed E-state index contributed by atoms with van der Waals surface area (Å²) < 4.78 is 6.30. The molecule has 2 aliphatic heterocycles. The van der Waals surface area contributed by atoms with Crippen molar-refractivity contribution in [1.29, 1.82) is 0 Å². The molecule has 228 valence electrons. The van der Waals surface area contributed by atoms with E-state index < -0.39 is 23.5 Å². The molecular weight excluding hydrogens is 615 g/mol. The van der Waals surface area contributed by atoms with E-state index in [4.69, 9.17) is 4.74 Å². The van der Waals surface area contributed by atoms with Crippen LogP contribution in [0.1, 0.15) is 22.8 Å². The Hall–Kier alpha value is -4.86. The summed E-state index contributed by atoms with van der Waals surface area (Å²) in [5.41, 5.74) is 2.72. The van der Waals surface area contributed by atoms with Crippen molar-refractivity contribution in [1.82, 2.24) is 15.2 Å². The van der Waals surface area contributed by atoms with Gasteiger partial charge in [-0.15, -0.1) is 11.8 Å². The van der Waals surface area contributed by atoms with E-state index in [0.717, 1.165) is 37.3 Å². The van der Waals surface area contributed by atoms with Crippen molar-refractivity contribution >= 4 is 52.1 Å². The fourth-order valence-electron chi connectivity index (χ4n) is 5.73. The first kappa shape index (κ1) is 29.8. The molecule has 5 aromatic rings. The number of nitrogens with zero attached hydrogens (tertiary/aromatic N) is 2. The Morgan fingerprint density at radius 2 is 1.57 bits per heavy atom. The van der Waals surface area contributed by atoms with E-state index in [0.29, 0.717) is 5.75 Å². The Morgan fingerprint density at radius 1 is 0.891 bits per heavy atom. The number of benzene rings is 4. The van der Waals surface area contributed by atoms with Crippen molar-refractivity contribution in [2.24, 2.45) is 0 Å². The van der Waals surface area contributed by atoms with Crippen LogP contribution in [0.15, 0.2) is 143 Å². The SMILES string of the molecule is O=C(Cc1ccccc1)N[C@@H]1C(=O)N2C(C(=O)OC(c3ccccc3)c3ccccc3)=C(Sc3cccc4cnccc34)CS[C@@H]12. The Kier molecular flexibility index (Phi) is 8.59. The number of pyridine rings is 1. The van der Waals surface area contributed by atoms with Crippen LogP contribution in [0, 0.1) is 0 Å². The molecule has 0 unspecified atom stereocenters. The monoisotopic (exact) mass is 643 g/mol. The van der Waals surface area contributed by atoms with Crippen molar-refractivity contribution in [2.75, 3.05) is 5.75 Å². The molecule has 2 atom stereocenters. The number of carbonyl (C=O) groups excluding carboxylic acids is 3. The number of ether oxygens (including phenoxy) is 1. The van der Waals surface area contributed by atoms with Gasteiger partial charge in [0.25, 0.3) is 5.91 Å². The van der Waals surface area contributed by atoms with E-state index in [-0.39, 0.29) is 23.9 Å². The lowest BCUT2D eigenvalue weighted by Gasteiger charge is -2.49. The average molecular weight is 644 g/mol. The van der Waals surface area contributed by atoms with Gasteiger partial charge in [0.2, 0.25) is 5.91 Å². The third-order valence-electron chi connectivity index (χ3n) is 7.95. The number of nitrogens with one attached hydrogen (secondary N) is 1. The molecule has 2 aliphatic rings. The quantitative estimate of drug-likeness (QED) is 0.145. The molecule has 7 rings (SSSR count). The van der Waals surface area contributed by atoms with Crippen molar-refractivity contribution in [2.45, 2.75) is 28.8 Å². The maximum Gasteiger partial charge on any atom is 0.356 e. The average Bonchev–Trinajstić information content (AvgIpc) is 3.10. The van der Waals surface area contributed by atoms with Gasteiger partial charge in [0.1, 0.15) is 17.1 Å². The van der Waals surface area contributed by atoms with Crippen molar-refractivity contribution in [3.63, 3.8) is 0 Å². The van der Waals surface area contributed by atoms with Crippen LogP contribution in [0.4, 0.5) is 0 Å². The minimum Gasteiger partial charge on any atom is -0.448 e. The van der Waals surface area contributed by atoms with E-state index in [1.807, 2.05) is 115 Å². The summed E-state index contributed by atoms with van der Waals surface area (Å²) in [6, 6.07) is 35.7. The molecule has 9 heteroatoms. The summed E-state index contributed by atoms with van der Waals surface area (Å²) in [7, 11) is 0. The van der Waals surface area contributed by atoms with Crippen LogP contribution in [0.5, 0.6) is 0 Å². The zero-order valence-electron chi connectivity index (χ0n) is 24.6. The van der Waals surface area contributed by atoms with Gasteiger partial charge >= 0.3 is 5.97 Å². The third-order valence-corrected chi connectivity index (χ3v) is 10.6. The van der Waals surface area contributed by atoms with Crippen LogP contribution in [0.2, 0.25) is 0 Å². The molecule has 0 saturated carbocycles. The topological polar surface area (TPSA) is 88.6 Å². The Labute approximate surface area is 275 Å². The zero-order valence-corrected chi connectivity index (χ0v) is 26.2. The predicted molar refractivity (Wildman–Crippen MR) is 181 cm³/mol. The van der Waals surface area contributed by atoms with Gasteiger partial charge in [-0.05, 0) is 34.2 Å². The summed E-state index contributed by atoms with van der Waals surface area (Å²) in [5, 5.41) is 4.47. The molecule has 7 nitrogen and oxygen atoms in total. The summed E-state index contributed by atoms with van der Waals surface area (Å²) >= 11 is 2.99. The Morgan fingerprint density at radius 3 is 2.26 bits per heavy atom. The largest absolute Gasteiger partial charge is 0.448 e. The Bertz CT molecular complexity index is 1890. The number of β-lactam (4-membered cyclic amide) rings is 1. The van der Waals surface area contributed by atoms with Crippen LogP contribution in [0.25, 0.3) is 10.8 Å². The maximum absolute atomic E-state index is 14.3. The second-order valence-corrected chi connectivity index (χ2v) is 13.2. The number of fused-ring (bicyclic) bond motifs is 2. The smallest absolute Gasteiger partial charge is 0.356 e. The predicted octanol–water partition coefficient (Wildman–Crippen LogP) is 6.51. The fourth-order valence-corrected chi connectivity index (χ4v) is 8.35. The molecule has 0 spiro atoms. The summed E-state index contributed by atoms with van der Waals surface area (Å²) in [4.78, 5) is 48.5. The van der Waals surface area contributed by atoms with E-state index in [1.54, 1.807) is 12.4 Å². The van der Waals surface area contributed by atoms with Gasteiger partial charge in [-0.1, -0.05) is 115 Å². The van der Waals surface area contributed by atoms with E-state index >= 15 is 0 Å². The summed E-state index contributed by atoms with van der Waals surface area (Å²) in [6.07, 6.45) is 3.04. The molecule has 46 heavy (non-hydrogen) atoms. The Balaban J connectivity index is 1.22. The number of aromatic nitrogens is 1. The maximum atomic E-state index is 14.3. The second kappa shape index (κ2) is 13.2. The molecule has 4 aromatic carbocycles. The van der Waals surface area contributed by atoms with Gasteiger partial charge in [0, 0.05) is 33.3 Å². The molecule has 1 fully saturated rings. The minimum atomic E-state index is -0.738. The molecule has 2 amide bonds. The van der Waals surface area contributed by atoms with Gasteiger partial charge in [-0.2, -0.15) is 0 Å². The van der Waals surface area contributed by atoms with Crippen LogP contribution in [-0.2, 0) is 25.5 Å². The fraction of sp³-hybridized carbons (Fsp3) is 0.135. The minimum absolute atomic E-state index is 0.166.